The minimum absolute atomic E-state index is 0.0336. The Balaban J connectivity index is 1.74. The van der Waals surface area contributed by atoms with Crippen LogP contribution in [0.25, 0.3) is 0 Å². The molecule has 0 amide bonds. The molecule has 0 aromatic heterocycles. The molecule has 0 bridgehead atoms. The highest BCUT2D eigenvalue weighted by atomic mass is 16.1. The van der Waals surface area contributed by atoms with Gasteiger partial charge in [-0.3, -0.25) is 4.79 Å². The van der Waals surface area contributed by atoms with Crippen LogP contribution < -0.4 is 0 Å². The quantitative estimate of drug-likeness (QED) is 0.383. The molecule has 4 rings (SSSR count). The lowest BCUT2D eigenvalue weighted by Gasteiger charge is -2.44. The van der Waals surface area contributed by atoms with Crippen LogP contribution >= 0.6 is 0 Å². The fraction of sp³-hybridized carbons (Fsp3) is 0.250. The third-order valence-corrected chi connectivity index (χ3v) is 6.66. The van der Waals surface area contributed by atoms with E-state index in [1.807, 2.05) is 91.0 Å². The van der Waals surface area contributed by atoms with Gasteiger partial charge in [-0.25, -0.2) is 0 Å². The number of carbonyl (C=O) groups excluding carboxylic acids is 3. The minimum Gasteiger partial charge on any atom is -0.303 e. The van der Waals surface area contributed by atoms with Gasteiger partial charge in [0, 0.05) is 29.7 Å². The SMILES string of the molecule is O=C[C@@H]1[C@@H](CC(=O)c2ccccc2)C[C@@H](c2ccccc2)[C@H](C=O)[C@H]1c1ccccc1. The molecule has 1 aliphatic carbocycles. The summed E-state index contributed by atoms with van der Waals surface area (Å²) in [7, 11) is 0. The Bertz CT molecular complexity index is 1010. The van der Waals surface area contributed by atoms with Crippen LogP contribution in [0, 0.1) is 17.8 Å². The molecule has 0 heterocycles. The summed E-state index contributed by atoms with van der Waals surface area (Å²) in [5.74, 6) is -1.07. The Morgan fingerprint density at radius 1 is 0.710 bits per heavy atom. The molecule has 0 radical (unpaired) electrons. The Morgan fingerprint density at radius 3 is 1.77 bits per heavy atom. The van der Waals surface area contributed by atoms with Crippen LogP contribution in [-0.2, 0) is 9.59 Å². The maximum atomic E-state index is 13.0. The van der Waals surface area contributed by atoms with Crippen molar-refractivity contribution in [3.63, 3.8) is 0 Å². The van der Waals surface area contributed by atoms with E-state index in [1.165, 1.54) is 0 Å². The van der Waals surface area contributed by atoms with Crippen molar-refractivity contribution in [1.82, 2.24) is 0 Å². The molecule has 1 aliphatic rings. The average Bonchev–Trinajstić information content (AvgIpc) is 2.84. The summed E-state index contributed by atoms with van der Waals surface area (Å²) < 4.78 is 0. The molecule has 1 saturated carbocycles. The van der Waals surface area contributed by atoms with Crippen molar-refractivity contribution in [2.24, 2.45) is 17.8 Å². The summed E-state index contributed by atoms with van der Waals surface area (Å²) >= 11 is 0. The highest BCUT2D eigenvalue weighted by Crippen LogP contribution is 2.51. The van der Waals surface area contributed by atoms with Gasteiger partial charge in [-0.1, -0.05) is 91.0 Å². The number of benzene rings is 3. The molecule has 0 aliphatic heterocycles. The first-order valence-corrected chi connectivity index (χ1v) is 10.8. The summed E-state index contributed by atoms with van der Waals surface area (Å²) in [6.45, 7) is 0. The molecule has 0 N–H and O–H groups in total. The van der Waals surface area contributed by atoms with Gasteiger partial charge in [-0.15, -0.1) is 0 Å². The van der Waals surface area contributed by atoms with Gasteiger partial charge in [0.2, 0.25) is 0 Å². The second-order valence-electron chi connectivity index (χ2n) is 8.37. The predicted octanol–water partition coefficient (Wildman–Crippen LogP) is 5.48. The van der Waals surface area contributed by atoms with E-state index in [0.717, 1.165) is 23.7 Å². The average molecular weight is 411 g/mol. The largest absolute Gasteiger partial charge is 0.303 e. The molecule has 3 aromatic carbocycles. The van der Waals surface area contributed by atoms with Crippen LogP contribution in [0.2, 0.25) is 0 Å². The number of hydrogen-bond donors (Lipinski definition) is 0. The molecular weight excluding hydrogens is 384 g/mol. The van der Waals surface area contributed by atoms with E-state index in [1.54, 1.807) is 0 Å². The molecule has 0 saturated heterocycles. The first-order chi connectivity index (χ1) is 15.2. The molecule has 1 fully saturated rings. The predicted molar refractivity (Wildman–Crippen MR) is 121 cm³/mol. The van der Waals surface area contributed by atoms with E-state index in [9.17, 15) is 14.4 Å². The maximum absolute atomic E-state index is 13.0. The number of hydrogen-bond acceptors (Lipinski definition) is 3. The summed E-state index contributed by atoms with van der Waals surface area (Å²) in [4.78, 5) is 37.7. The zero-order valence-electron chi connectivity index (χ0n) is 17.3. The number of aldehydes is 2. The monoisotopic (exact) mass is 410 g/mol. The molecule has 3 nitrogen and oxygen atoms in total. The molecule has 0 spiro atoms. The Labute approximate surface area is 183 Å². The van der Waals surface area contributed by atoms with E-state index in [4.69, 9.17) is 0 Å². The highest BCUT2D eigenvalue weighted by Gasteiger charge is 2.46. The van der Waals surface area contributed by atoms with Crippen molar-refractivity contribution in [3.8, 4) is 0 Å². The minimum atomic E-state index is -0.384. The van der Waals surface area contributed by atoms with Crippen molar-refractivity contribution in [2.45, 2.75) is 24.7 Å². The summed E-state index contributed by atoms with van der Waals surface area (Å²) in [6.07, 6.45) is 2.92. The Kier molecular flexibility index (Phi) is 6.51. The van der Waals surface area contributed by atoms with E-state index in [-0.39, 0.29) is 35.4 Å². The second-order valence-corrected chi connectivity index (χ2v) is 8.37. The molecule has 5 atom stereocenters. The van der Waals surface area contributed by atoms with Crippen LogP contribution in [0.3, 0.4) is 0 Å². The lowest BCUT2D eigenvalue weighted by molar-refractivity contribution is -0.119. The number of ketones is 1. The summed E-state index contributed by atoms with van der Waals surface area (Å²) in [5, 5.41) is 0. The third kappa shape index (κ3) is 4.41. The molecular formula is C28H26O3. The molecule has 0 unspecified atom stereocenters. The maximum Gasteiger partial charge on any atom is 0.163 e. The first-order valence-electron chi connectivity index (χ1n) is 10.8. The number of carbonyl (C=O) groups is 3. The normalized spacial score (nSPS) is 25.5. The zero-order chi connectivity index (χ0) is 21.6. The van der Waals surface area contributed by atoms with Gasteiger partial charge in [0.25, 0.3) is 0 Å². The molecule has 3 heteroatoms. The van der Waals surface area contributed by atoms with Crippen molar-refractivity contribution >= 4 is 18.4 Å². The smallest absolute Gasteiger partial charge is 0.163 e. The first kappa shape index (κ1) is 20.9. The second kappa shape index (κ2) is 9.65. The highest BCUT2D eigenvalue weighted by molar-refractivity contribution is 5.96. The van der Waals surface area contributed by atoms with Gasteiger partial charge in [0.05, 0.1) is 0 Å². The van der Waals surface area contributed by atoms with Gasteiger partial charge in [-0.2, -0.15) is 0 Å². The van der Waals surface area contributed by atoms with E-state index in [0.29, 0.717) is 18.4 Å². The van der Waals surface area contributed by atoms with Crippen molar-refractivity contribution in [1.29, 1.82) is 0 Å². The zero-order valence-corrected chi connectivity index (χ0v) is 17.3. The fourth-order valence-corrected chi connectivity index (χ4v) is 5.19. The van der Waals surface area contributed by atoms with Crippen molar-refractivity contribution in [3.05, 3.63) is 108 Å². The van der Waals surface area contributed by atoms with Crippen LogP contribution in [0.1, 0.15) is 46.2 Å². The van der Waals surface area contributed by atoms with Gasteiger partial charge in [-0.05, 0) is 29.4 Å². The van der Waals surface area contributed by atoms with E-state index < -0.39 is 0 Å². The van der Waals surface area contributed by atoms with Crippen molar-refractivity contribution < 1.29 is 14.4 Å². The number of Topliss-reactive ketones (excluding diaryl/α,β-unsaturated/α-hetero) is 1. The van der Waals surface area contributed by atoms with Gasteiger partial charge in [0.1, 0.15) is 12.6 Å². The van der Waals surface area contributed by atoms with Crippen molar-refractivity contribution in [2.75, 3.05) is 0 Å². The van der Waals surface area contributed by atoms with Gasteiger partial charge < -0.3 is 9.59 Å². The number of rotatable bonds is 7. The van der Waals surface area contributed by atoms with E-state index in [2.05, 4.69) is 0 Å². The van der Waals surface area contributed by atoms with Gasteiger partial charge in [0.15, 0.2) is 5.78 Å². The van der Waals surface area contributed by atoms with Crippen LogP contribution in [0.15, 0.2) is 91.0 Å². The molecule has 156 valence electrons. The van der Waals surface area contributed by atoms with Crippen LogP contribution in [0.5, 0.6) is 0 Å². The van der Waals surface area contributed by atoms with Crippen LogP contribution in [0.4, 0.5) is 0 Å². The lowest BCUT2D eigenvalue weighted by atomic mass is 9.58. The summed E-state index contributed by atoms with van der Waals surface area (Å²) in [5.41, 5.74) is 2.73. The molecule has 3 aromatic rings. The summed E-state index contributed by atoms with van der Waals surface area (Å²) in [6, 6.07) is 29.0. The standard InChI is InChI=1S/C28H26O3/c29-18-25-23(17-27(31)21-12-6-2-7-13-21)16-24(20-10-4-1-5-11-20)26(19-30)28(25)22-14-8-3-9-15-22/h1-15,18-19,23-26,28H,16-17H2/t23-,24+,25-,26+,28+/m1/s1. The Hall–Kier alpha value is -3.33. The Morgan fingerprint density at radius 2 is 1.23 bits per heavy atom. The fourth-order valence-electron chi connectivity index (χ4n) is 5.19. The van der Waals surface area contributed by atoms with Crippen LogP contribution in [-0.4, -0.2) is 18.4 Å². The van der Waals surface area contributed by atoms with E-state index >= 15 is 0 Å². The lowest BCUT2D eigenvalue weighted by Crippen LogP contribution is -2.40. The van der Waals surface area contributed by atoms with Gasteiger partial charge >= 0.3 is 0 Å². The molecule has 31 heavy (non-hydrogen) atoms. The third-order valence-electron chi connectivity index (χ3n) is 6.66. The topological polar surface area (TPSA) is 51.2 Å².